The highest BCUT2D eigenvalue weighted by atomic mass is 28.4. The molecule has 0 amide bonds. The largest absolute Gasteiger partial charge is 0.633 e. The van der Waals surface area contributed by atoms with Gasteiger partial charge in [0.1, 0.15) is 12.6 Å². The van der Waals surface area contributed by atoms with Crippen molar-refractivity contribution in [3.05, 3.63) is 20.8 Å². The average molecular weight is 802 g/mol. The third-order valence-corrected chi connectivity index (χ3v) is 16.6. The van der Waals surface area contributed by atoms with Crippen molar-refractivity contribution in [3.63, 3.8) is 0 Å². The summed E-state index contributed by atoms with van der Waals surface area (Å²) in [5.74, 6) is 0. The fourth-order valence-electron chi connectivity index (χ4n) is 6.62. The minimum Gasteiger partial charge on any atom is -0.633 e. The van der Waals surface area contributed by atoms with E-state index in [4.69, 9.17) is 13.6 Å². The van der Waals surface area contributed by atoms with Crippen LogP contribution in [0.2, 0.25) is 38.3 Å². The second-order valence-electron chi connectivity index (χ2n) is 18.6. The van der Waals surface area contributed by atoms with Crippen molar-refractivity contribution in [2.45, 2.75) is 89.0 Å². The molecule has 0 fully saturated rings. The van der Waals surface area contributed by atoms with E-state index in [-0.39, 0.29) is 31.8 Å². The molecule has 0 rings (SSSR count). The normalized spacial score (nSPS) is 15.2. The molecule has 17 heteroatoms. The first-order chi connectivity index (χ1) is 24.1. The number of ether oxygens (including phenoxy) is 2. The molecule has 15 nitrogen and oxygen atoms in total. The van der Waals surface area contributed by atoms with Gasteiger partial charge >= 0.3 is 0 Å². The lowest BCUT2D eigenvalue weighted by atomic mass is 10.2. The Kier molecular flexibility index (Phi) is 25.2. The Morgan fingerprint density at radius 2 is 0.925 bits per heavy atom. The number of aliphatic hydroxyl groups excluding tert-OH is 2. The van der Waals surface area contributed by atoms with E-state index in [0.29, 0.717) is 65.6 Å². The SMILES string of the molecule is C[N+](C)([O-])CCCN(CCC[N+](C)(C)[O-])CC(O)COCCC[Si](C)(C)O[Si](C)(C)CCCOCC(O)C[NH+](CCC[N+](C)(C)[O-])CCC[N+](C)(C)[O-]. The van der Waals surface area contributed by atoms with Gasteiger partial charge in [0, 0.05) is 58.5 Å². The third-order valence-electron chi connectivity index (χ3n) is 9.10. The number of hydrogen-bond donors (Lipinski definition) is 3. The molecule has 0 heterocycles. The van der Waals surface area contributed by atoms with E-state index < -0.39 is 28.8 Å². The van der Waals surface area contributed by atoms with Crippen LogP contribution in [0, 0.1) is 20.8 Å². The Hall–Kier alpha value is -0.166. The maximum atomic E-state index is 12.0. The summed E-state index contributed by atoms with van der Waals surface area (Å²) in [5, 5.41) is 69.3. The van der Waals surface area contributed by atoms with Crippen LogP contribution >= 0.6 is 0 Å². The number of rotatable bonds is 34. The third kappa shape index (κ3) is 36.0. The number of nitrogens with zero attached hydrogens (tertiary/aromatic N) is 5. The molecule has 0 aromatic carbocycles. The van der Waals surface area contributed by atoms with Crippen molar-refractivity contribution >= 4 is 16.6 Å². The Morgan fingerprint density at radius 3 is 1.30 bits per heavy atom. The minimum atomic E-state index is -1.92. The van der Waals surface area contributed by atoms with Crippen LogP contribution in [-0.2, 0) is 13.6 Å². The average Bonchev–Trinajstić information content (AvgIpc) is 2.93. The van der Waals surface area contributed by atoms with Gasteiger partial charge in [-0.25, -0.2) is 0 Å². The zero-order chi connectivity index (χ0) is 41.0. The first-order valence-corrected chi connectivity index (χ1v) is 26.2. The first kappa shape index (κ1) is 52.8. The van der Waals surface area contributed by atoms with Gasteiger partial charge < -0.3 is 73.0 Å². The summed E-state index contributed by atoms with van der Waals surface area (Å²) < 4.78 is 17.2. The first-order valence-electron chi connectivity index (χ1n) is 20.0. The van der Waals surface area contributed by atoms with Gasteiger partial charge in [0.2, 0.25) is 0 Å². The lowest BCUT2D eigenvalue weighted by Gasteiger charge is -2.36. The number of aliphatic hydroxyl groups is 2. The molecule has 0 saturated carbocycles. The molecule has 2 atom stereocenters. The summed E-state index contributed by atoms with van der Waals surface area (Å²) in [6.45, 7) is 16.7. The second kappa shape index (κ2) is 25.2. The molecule has 0 aromatic heterocycles. The van der Waals surface area contributed by atoms with Crippen LogP contribution in [0.5, 0.6) is 0 Å². The zero-order valence-corrected chi connectivity index (χ0v) is 38.2. The van der Waals surface area contributed by atoms with Crippen LogP contribution in [0.1, 0.15) is 38.5 Å². The smallest absolute Gasteiger partial charge is 0.173 e. The minimum absolute atomic E-state index is 0.248. The standard InChI is InChI=1S/C36H84N6O9Si2/c1-39(2,45)23-13-19-37(20-14-24-40(3,4)46)31-35(43)33-49-27-17-29-52(9,10)51-53(11,12)30-18-28-50-34-36(44)32-38(21-15-25-41(5,6)47)22-16-26-42(7,8)48/h35-36,43-44H,13-34H2,1-12H3/p+1. The van der Waals surface area contributed by atoms with E-state index >= 15 is 0 Å². The van der Waals surface area contributed by atoms with Crippen LogP contribution in [0.25, 0.3) is 0 Å². The number of nitrogens with one attached hydrogen (secondary N) is 1. The van der Waals surface area contributed by atoms with E-state index in [0.717, 1.165) is 63.7 Å². The highest BCUT2D eigenvalue weighted by molar-refractivity contribution is 6.84. The maximum Gasteiger partial charge on any atom is 0.173 e. The molecular formula is C36H85N6O9Si2+. The van der Waals surface area contributed by atoms with Crippen molar-refractivity contribution in [1.82, 2.24) is 4.90 Å². The number of quaternary nitrogens is 5. The van der Waals surface area contributed by atoms with E-state index in [9.17, 15) is 31.0 Å². The van der Waals surface area contributed by atoms with E-state index in [1.165, 1.54) is 4.90 Å². The zero-order valence-electron chi connectivity index (χ0n) is 36.2. The lowest BCUT2D eigenvalue weighted by Crippen LogP contribution is -3.13. The Balaban J connectivity index is 4.52. The molecule has 0 spiro atoms. The molecule has 3 N–H and O–H groups in total. The highest BCUT2D eigenvalue weighted by Gasteiger charge is 2.32. The maximum absolute atomic E-state index is 12.0. The van der Waals surface area contributed by atoms with Crippen molar-refractivity contribution in [3.8, 4) is 0 Å². The van der Waals surface area contributed by atoms with Crippen molar-refractivity contribution in [2.24, 2.45) is 0 Å². The van der Waals surface area contributed by atoms with Crippen LogP contribution in [-0.4, -0.2) is 211 Å². The monoisotopic (exact) mass is 802 g/mol. The van der Waals surface area contributed by atoms with Crippen LogP contribution < -0.4 is 4.90 Å². The van der Waals surface area contributed by atoms with Gasteiger partial charge in [0.05, 0.1) is 115 Å². The molecular weight excluding hydrogens is 717 g/mol. The number of hydroxylamine groups is 12. The van der Waals surface area contributed by atoms with Crippen LogP contribution in [0.4, 0.5) is 0 Å². The van der Waals surface area contributed by atoms with Gasteiger partial charge in [-0.15, -0.1) is 0 Å². The highest BCUT2D eigenvalue weighted by Crippen LogP contribution is 2.24. The molecule has 0 aliphatic rings. The predicted octanol–water partition coefficient (Wildman–Crippen LogP) is 1.99. The van der Waals surface area contributed by atoms with E-state index in [1.54, 1.807) is 56.4 Å². The summed E-state index contributed by atoms with van der Waals surface area (Å²) in [7, 11) is 9.26. The Morgan fingerprint density at radius 1 is 0.566 bits per heavy atom. The van der Waals surface area contributed by atoms with Gasteiger partial charge in [-0.2, -0.15) is 0 Å². The molecule has 2 unspecified atom stereocenters. The summed E-state index contributed by atoms with van der Waals surface area (Å²) in [5.41, 5.74) is 0. The quantitative estimate of drug-likeness (QED) is 0.0379. The summed E-state index contributed by atoms with van der Waals surface area (Å²) in [4.78, 5) is 3.34. The lowest BCUT2D eigenvalue weighted by molar-refractivity contribution is -0.913. The van der Waals surface area contributed by atoms with Crippen molar-refractivity contribution < 1.29 is 47.3 Å². The van der Waals surface area contributed by atoms with Crippen molar-refractivity contribution in [1.29, 1.82) is 0 Å². The van der Waals surface area contributed by atoms with Gasteiger partial charge in [0.15, 0.2) is 16.6 Å². The van der Waals surface area contributed by atoms with Crippen LogP contribution in [0.15, 0.2) is 0 Å². The summed E-state index contributed by atoms with van der Waals surface area (Å²) in [6, 6.07) is 1.94. The fourth-order valence-corrected chi connectivity index (χ4v) is 15.4. The molecule has 0 aliphatic heterocycles. The molecule has 320 valence electrons. The Bertz CT molecular complexity index is 817. The summed E-state index contributed by atoms with van der Waals surface area (Å²) in [6.07, 6.45) is 3.48. The van der Waals surface area contributed by atoms with Gasteiger partial charge in [-0.1, -0.05) is 0 Å². The molecule has 0 aromatic rings. The van der Waals surface area contributed by atoms with Crippen molar-refractivity contribution in [2.75, 3.05) is 148 Å². The fraction of sp³-hybridized carbons (Fsp3) is 1.00. The van der Waals surface area contributed by atoms with Gasteiger partial charge in [-0.05, 0) is 51.1 Å². The van der Waals surface area contributed by atoms with E-state index in [1.807, 2.05) is 0 Å². The Labute approximate surface area is 326 Å². The molecule has 0 aliphatic carbocycles. The van der Waals surface area contributed by atoms with Gasteiger partial charge in [-0.3, -0.25) is 0 Å². The van der Waals surface area contributed by atoms with E-state index in [2.05, 4.69) is 31.1 Å². The molecule has 0 saturated heterocycles. The molecule has 0 bridgehead atoms. The topological polar surface area (TPSA) is 168 Å². The van der Waals surface area contributed by atoms with Gasteiger partial charge in [0.25, 0.3) is 0 Å². The molecule has 53 heavy (non-hydrogen) atoms. The summed E-state index contributed by atoms with van der Waals surface area (Å²) >= 11 is 0. The van der Waals surface area contributed by atoms with Crippen LogP contribution in [0.3, 0.4) is 0 Å². The predicted molar refractivity (Wildman–Crippen MR) is 220 cm³/mol. The number of hydrogen-bond acceptors (Lipinski definition) is 10. The second-order valence-corrected chi connectivity index (χ2v) is 27.5. The molecule has 0 radical (unpaired) electrons.